The molecule has 1 heterocycles. The summed E-state index contributed by atoms with van der Waals surface area (Å²) in [5, 5.41) is 3.03. The maximum atomic E-state index is 12.1. The Kier molecular flexibility index (Phi) is 7.96. The molecule has 1 aliphatic heterocycles. The van der Waals surface area contributed by atoms with Gasteiger partial charge in [0.25, 0.3) is 0 Å². The van der Waals surface area contributed by atoms with Gasteiger partial charge in [-0.15, -0.1) is 12.4 Å². The molecular formula is C13H18Cl2F2N2O3S. The molecular weight excluding hydrogens is 373 g/mol. The number of rotatable bonds is 7. The summed E-state index contributed by atoms with van der Waals surface area (Å²) in [6.07, 6.45) is 1.78. The van der Waals surface area contributed by atoms with Gasteiger partial charge in [-0.05, 0) is 50.0 Å². The number of nitrogens with one attached hydrogen (secondary N) is 2. The van der Waals surface area contributed by atoms with Gasteiger partial charge in [0.15, 0.2) is 0 Å². The Bertz CT molecular complexity index is 611. The molecule has 0 aromatic heterocycles. The van der Waals surface area contributed by atoms with Crippen LogP contribution in [-0.4, -0.2) is 34.7 Å². The Morgan fingerprint density at radius 3 is 2.74 bits per heavy atom. The van der Waals surface area contributed by atoms with Crippen LogP contribution < -0.4 is 14.8 Å². The molecule has 0 radical (unpaired) electrons. The summed E-state index contributed by atoms with van der Waals surface area (Å²) in [4.78, 5) is -0.0799. The molecule has 132 valence electrons. The van der Waals surface area contributed by atoms with Crippen LogP contribution in [0.25, 0.3) is 0 Å². The van der Waals surface area contributed by atoms with E-state index in [0.717, 1.165) is 38.1 Å². The minimum atomic E-state index is -3.72. The Hall–Kier alpha value is -0.670. The molecule has 1 saturated heterocycles. The van der Waals surface area contributed by atoms with Gasteiger partial charge < -0.3 is 10.1 Å². The highest BCUT2D eigenvalue weighted by Crippen LogP contribution is 2.28. The van der Waals surface area contributed by atoms with Crippen LogP contribution in [0.1, 0.15) is 12.8 Å². The Morgan fingerprint density at radius 2 is 2.17 bits per heavy atom. The smallest absolute Gasteiger partial charge is 0.387 e. The predicted molar refractivity (Wildman–Crippen MR) is 86.1 cm³/mol. The van der Waals surface area contributed by atoms with E-state index in [1.54, 1.807) is 0 Å². The van der Waals surface area contributed by atoms with Crippen LogP contribution >= 0.6 is 24.0 Å². The lowest BCUT2D eigenvalue weighted by molar-refractivity contribution is -0.0498. The van der Waals surface area contributed by atoms with E-state index >= 15 is 0 Å². The lowest BCUT2D eigenvalue weighted by Crippen LogP contribution is -2.26. The van der Waals surface area contributed by atoms with Gasteiger partial charge in [0.1, 0.15) is 5.75 Å². The maximum Gasteiger partial charge on any atom is 0.387 e. The SMILES string of the molecule is Cl.O=S(=O)(NCCC1CCNC1)c1ccc(OC(F)F)c(Cl)c1. The van der Waals surface area contributed by atoms with Gasteiger partial charge in [-0.25, -0.2) is 13.1 Å². The average molecular weight is 391 g/mol. The van der Waals surface area contributed by atoms with Gasteiger partial charge in [0, 0.05) is 6.54 Å². The van der Waals surface area contributed by atoms with Crippen LogP contribution in [0.3, 0.4) is 0 Å². The molecule has 1 aromatic carbocycles. The standard InChI is InChI=1S/C13H17ClF2N2O3S.ClH/c14-11-7-10(1-2-12(11)21-13(15)16)22(19,20)18-6-4-9-3-5-17-8-9;/h1-2,7,9,13,17-18H,3-6,8H2;1H. The van der Waals surface area contributed by atoms with E-state index in [1.165, 1.54) is 6.07 Å². The third kappa shape index (κ3) is 6.04. The highest BCUT2D eigenvalue weighted by molar-refractivity contribution is 7.89. The number of hydrogen-bond donors (Lipinski definition) is 2. The molecule has 1 unspecified atom stereocenters. The highest BCUT2D eigenvalue weighted by Gasteiger charge is 2.19. The molecule has 0 saturated carbocycles. The van der Waals surface area contributed by atoms with Crippen molar-refractivity contribution in [3.8, 4) is 5.75 Å². The molecule has 0 spiro atoms. The van der Waals surface area contributed by atoms with Gasteiger partial charge >= 0.3 is 6.61 Å². The molecule has 0 bridgehead atoms. The van der Waals surface area contributed by atoms with Crippen molar-refractivity contribution in [1.29, 1.82) is 0 Å². The van der Waals surface area contributed by atoms with Gasteiger partial charge in [-0.3, -0.25) is 0 Å². The molecule has 10 heteroatoms. The van der Waals surface area contributed by atoms with Crippen LogP contribution in [0.5, 0.6) is 5.75 Å². The lowest BCUT2D eigenvalue weighted by Gasteiger charge is -2.11. The first-order valence-corrected chi connectivity index (χ1v) is 8.69. The van der Waals surface area contributed by atoms with E-state index in [2.05, 4.69) is 14.8 Å². The minimum Gasteiger partial charge on any atom is -0.433 e. The van der Waals surface area contributed by atoms with E-state index < -0.39 is 16.6 Å². The van der Waals surface area contributed by atoms with E-state index in [-0.39, 0.29) is 28.1 Å². The van der Waals surface area contributed by atoms with Gasteiger partial charge in [0.05, 0.1) is 9.92 Å². The molecule has 5 nitrogen and oxygen atoms in total. The highest BCUT2D eigenvalue weighted by atomic mass is 35.5. The van der Waals surface area contributed by atoms with E-state index in [1.807, 2.05) is 0 Å². The summed E-state index contributed by atoms with van der Waals surface area (Å²) in [5.74, 6) is 0.209. The Morgan fingerprint density at radius 1 is 1.43 bits per heavy atom. The maximum absolute atomic E-state index is 12.1. The number of sulfonamides is 1. The first-order valence-electron chi connectivity index (χ1n) is 6.83. The quantitative estimate of drug-likeness (QED) is 0.750. The van der Waals surface area contributed by atoms with E-state index in [9.17, 15) is 17.2 Å². The third-order valence-corrected chi connectivity index (χ3v) is 5.19. The monoisotopic (exact) mass is 390 g/mol. The van der Waals surface area contributed by atoms with Crippen molar-refractivity contribution in [3.05, 3.63) is 23.2 Å². The predicted octanol–water partition coefficient (Wildman–Crippen LogP) is 2.64. The number of alkyl halides is 2. The summed E-state index contributed by atoms with van der Waals surface area (Å²) in [6.45, 7) is -0.842. The Balaban J connectivity index is 0.00000264. The summed E-state index contributed by atoms with van der Waals surface area (Å²) < 4.78 is 55.2. The fraction of sp³-hybridized carbons (Fsp3) is 0.538. The average Bonchev–Trinajstić information content (AvgIpc) is 2.93. The fourth-order valence-electron chi connectivity index (χ4n) is 2.28. The number of benzene rings is 1. The van der Waals surface area contributed by atoms with Gasteiger partial charge in [-0.1, -0.05) is 11.6 Å². The molecule has 2 rings (SSSR count). The molecule has 1 aliphatic rings. The topological polar surface area (TPSA) is 67.4 Å². The molecule has 2 N–H and O–H groups in total. The van der Waals surface area contributed by atoms with Crippen molar-refractivity contribution >= 4 is 34.0 Å². The largest absolute Gasteiger partial charge is 0.433 e. The van der Waals surface area contributed by atoms with Crippen LogP contribution in [-0.2, 0) is 10.0 Å². The second-order valence-electron chi connectivity index (χ2n) is 5.02. The van der Waals surface area contributed by atoms with Crippen molar-refractivity contribution in [2.45, 2.75) is 24.3 Å². The summed E-state index contributed by atoms with van der Waals surface area (Å²) in [6, 6.07) is 3.39. The van der Waals surface area contributed by atoms with Gasteiger partial charge in [0.2, 0.25) is 10.0 Å². The molecule has 23 heavy (non-hydrogen) atoms. The third-order valence-electron chi connectivity index (χ3n) is 3.44. The lowest BCUT2D eigenvalue weighted by atomic mass is 10.1. The van der Waals surface area contributed by atoms with Crippen LogP contribution in [0.2, 0.25) is 5.02 Å². The first-order chi connectivity index (χ1) is 10.4. The minimum absolute atomic E-state index is 0. The number of ether oxygens (including phenoxy) is 1. The van der Waals surface area contributed by atoms with Crippen molar-refractivity contribution in [2.75, 3.05) is 19.6 Å². The number of hydrogen-bond acceptors (Lipinski definition) is 4. The van der Waals surface area contributed by atoms with Crippen molar-refractivity contribution in [1.82, 2.24) is 10.0 Å². The van der Waals surface area contributed by atoms with E-state index in [0.29, 0.717) is 12.5 Å². The normalized spacial score (nSPS) is 18.0. The second kappa shape index (κ2) is 8.98. The zero-order chi connectivity index (χ0) is 16.2. The van der Waals surface area contributed by atoms with Crippen molar-refractivity contribution < 1.29 is 21.9 Å². The van der Waals surface area contributed by atoms with Crippen LogP contribution in [0.15, 0.2) is 23.1 Å². The molecule has 1 fully saturated rings. The zero-order valence-corrected chi connectivity index (χ0v) is 14.5. The Labute approximate surface area is 145 Å². The summed E-state index contributed by atoms with van der Waals surface area (Å²) >= 11 is 5.76. The molecule has 0 amide bonds. The fourth-order valence-corrected chi connectivity index (χ4v) is 3.65. The van der Waals surface area contributed by atoms with Crippen molar-refractivity contribution in [3.63, 3.8) is 0 Å². The molecule has 1 atom stereocenters. The molecule has 0 aliphatic carbocycles. The van der Waals surface area contributed by atoms with Crippen molar-refractivity contribution in [2.24, 2.45) is 5.92 Å². The number of halogens is 4. The van der Waals surface area contributed by atoms with Crippen LogP contribution in [0, 0.1) is 5.92 Å². The zero-order valence-electron chi connectivity index (χ0n) is 12.1. The van der Waals surface area contributed by atoms with Crippen LogP contribution in [0.4, 0.5) is 8.78 Å². The van der Waals surface area contributed by atoms with Gasteiger partial charge in [-0.2, -0.15) is 8.78 Å². The first kappa shape index (κ1) is 20.4. The summed E-state index contributed by atoms with van der Waals surface area (Å²) in [5.41, 5.74) is 0. The van der Waals surface area contributed by atoms with E-state index in [4.69, 9.17) is 11.6 Å². The summed E-state index contributed by atoms with van der Waals surface area (Å²) in [7, 11) is -3.72. The second-order valence-corrected chi connectivity index (χ2v) is 7.19. The molecule has 1 aromatic rings.